The lowest BCUT2D eigenvalue weighted by Gasteiger charge is -2.15. The fraction of sp³-hybridized carbons (Fsp3) is 0.229. The monoisotopic (exact) mass is 613 g/mol. The summed E-state index contributed by atoms with van der Waals surface area (Å²) in [5, 5.41) is 9.55. The second-order valence-corrected chi connectivity index (χ2v) is 10.1. The van der Waals surface area contributed by atoms with Crippen molar-refractivity contribution >= 4 is 17.8 Å². The van der Waals surface area contributed by atoms with E-state index in [0.717, 1.165) is 11.1 Å². The zero-order valence-corrected chi connectivity index (χ0v) is 25.3. The number of methoxy groups -OCH3 is 2. The first-order valence-corrected chi connectivity index (χ1v) is 14.2. The summed E-state index contributed by atoms with van der Waals surface area (Å²) >= 11 is 0. The summed E-state index contributed by atoms with van der Waals surface area (Å²) in [6.45, 7) is 1.37. The topological polar surface area (TPSA) is 121 Å². The van der Waals surface area contributed by atoms with Gasteiger partial charge in [0.1, 0.15) is 36.2 Å². The Bertz CT molecular complexity index is 1590. The molecular formula is C35H35NO9. The van der Waals surface area contributed by atoms with Gasteiger partial charge in [0.05, 0.1) is 25.3 Å². The Morgan fingerprint density at radius 2 is 1.22 bits per heavy atom. The van der Waals surface area contributed by atoms with E-state index in [-0.39, 0.29) is 17.2 Å². The number of amides is 1. The van der Waals surface area contributed by atoms with Gasteiger partial charge in [-0.1, -0.05) is 60.7 Å². The van der Waals surface area contributed by atoms with Gasteiger partial charge in [0.2, 0.25) is 0 Å². The van der Waals surface area contributed by atoms with Crippen LogP contribution in [-0.4, -0.2) is 61.8 Å². The molecule has 0 bridgehead atoms. The van der Waals surface area contributed by atoms with Crippen LogP contribution >= 0.6 is 0 Å². The molecule has 1 fully saturated rings. The van der Waals surface area contributed by atoms with Gasteiger partial charge in [-0.2, -0.15) is 0 Å². The summed E-state index contributed by atoms with van der Waals surface area (Å²) in [6, 6.07) is 28.5. The summed E-state index contributed by atoms with van der Waals surface area (Å²) in [6.07, 6.45) is 0.0627. The highest BCUT2D eigenvalue weighted by atomic mass is 16.5. The average Bonchev–Trinajstić information content (AvgIpc) is 3.38. The number of nitrogens with zero attached hydrogens (tertiary/aromatic N) is 1. The SMILES string of the molecule is COC(=O)c1cc(O)cc(OCc2ccccc2)c1.COC(=O)c1cc(OCc2ccccc2)cc(OC2CCN(C)C2=O)c1. The van der Waals surface area contributed by atoms with Crippen molar-refractivity contribution in [2.45, 2.75) is 25.7 Å². The number of ether oxygens (including phenoxy) is 5. The standard InChI is InChI=1S/C20H21NO5.C15H14O4/c1-21-9-8-18(19(21)22)26-17-11-15(20(23)24-2)10-16(12-17)25-13-14-6-4-3-5-7-14;1-18-15(17)12-7-13(16)9-14(8-12)19-10-11-5-3-2-4-6-11/h3-7,10-12,18H,8-9,13H2,1-2H3;2-9,16H,10H2,1H3. The first kappa shape index (κ1) is 32.4. The molecule has 10 nitrogen and oxygen atoms in total. The van der Waals surface area contributed by atoms with Crippen molar-refractivity contribution in [3.05, 3.63) is 119 Å². The second kappa shape index (κ2) is 15.8. The van der Waals surface area contributed by atoms with Crippen molar-refractivity contribution in [2.75, 3.05) is 27.8 Å². The summed E-state index contributed by atoms with van der Waals surface area (Å²) in [5.41, 5.74) is 2.58. The highest BCUT2D eigenvalue weighted by Crippen LogP contribution is 2.27. The number of hydrogen-bond acceptors (Lipinski definition) is 9. The van der Waals surface area contributed by atoms with Crippen molar-refractivity contribution in [1.29, 1.82) is 0 Å². The number of benzene rings is 4. The van der Waals surface area contributed by atoms with Crippen molar-refractivity contribution in [1.82, 2.24) is 4.90 Å². The molecule has 234 valence electrons. The number of carbonyl (C=O) groups excluding carboxylic acids is 3. The molecule has 5 rings (SSSR count). The molecule has 0 aromatic heterocycles. The van der Waals surface area contributed by atoms with Crippen molar-refractivity contribution in [3.8, 4) is 23.0 Å². The van der Waals surface area contributed by atoms with E-state index in [2.05, 4.69) is 4.74 Å². The summed E-state index contributed by atoms with van der Waals surface area (Å²) in [5.74, 6) is 0.195. The van der Waals surface area contributed by atoms with Gasteiger partial charge in [0.15, 0.2) is 6.10 Å². The number of likely N-dealkylation sites (N-methyl/N-ethyl adjacent to an activating group) is 1. The maximum atomic E-state index is 12.1. The van der Waals surface area contributed by atoms with Crippen LogP contribution in [0.15, 0.2) is 97.1 Å². The van der Waals surface area contributed by atoms with Crippen LogP contribution in [0.2, 0.25) is 0 Å². The van der Waals surface area contributed by atoms with Crippen LogP contribution in [0.25, 0.3) is 0 Å². The third-order valence-corrected chi connectivity index (χ3v) is 6.77. The lowest BCUT2D eigenvalue weighted by molar-refractivity contribution is -0.132. The number of rotatable bonds is 10. The van der Waals surface area contributed by atoms with Gasteiger partial charge < -0.3 is 33.7 Å². The van der Waals surface area contributed by atoms with E-state index in [1.807, 2.05) is 60.7 Å². The highest BCUT2D eigenvalue weighted by molar-refractivity contribution is 5.91. The smallest absolute Gasteiger partial charge is 0.338 e. The number of aromatic hydroxyl groups is 1. The fourth-order valence-electron chi connectivity index (χ4n) is 4.41. The number of carbonyl (C=O) groups is 3. The summed E-state index contributed by atoms with van der Waals surface area (Å²) < 4.78 is 26.5. The Balaban J connectivity index is 0.000000215. The molecule has 0 aliphatic carbocycles. The largest absolute Gasteiger partial charge is 0.508 e. The lowest BCUT2D eigenvalue weighted by atomic mass is 10.2. The number of hydrogen-bond donors (Lipinski definition) is 1. The number of likely N-dealkylation sites (tertiary alicyclic amines) is 1. The molecule has 1 amide bonds. The first-order valence-electron chi connectivity index (χ1n) is 14.2. The Labute approximate surface area is 261 Å². The normalized spacial score (nSPS) is 13.7. The van der Waals surface area contributed by atoms with Crippen LogP contribution in [0.3, 0.4) is 0 Å². The Hall–Kier alpha value is -5.51. The van der Waals surface area contributed by atoms with Gasteiger partial charge in [-0.3, -0.25) is 4.79 Å². The molecule has 1 N–H and O–H groups in total. The Morgan fingerprint density at radius 3 is 1.71 bits per heavy atom. The Morgan fingerprint density at radius 1 is 0.733 bits per heavy atom. The summed E-state index contributed by atoms with van der Waals surface area (Å²) in [7, 11) is 4.34. The maximum Gasteiger partial charge on any atom is 0.338 e. The molecule has 10 heteroatoms. The molecule has 45 heavy (non-hydrogen) atoms. The second-order valence-electron chi connectivity index (χ2n) is 10.1. The third kappa shape index (κ3) is 9.49. The molecule has 1 atom stereocenters. The Kier molecular flexibility index (Phi) is 11.4. The zero-order valence-electron chi connectivity index (χ0n) is 25.3. The number of phenolic OH excluding ortho intramolecular Hbond substituents is 1. The molecule has 1 heterocycles. The number of phenols is 1. The molecular weight excluding hydrogens is 578 g/mol. The van der Waals surface area contributed by atoms with Crippen LogP contribution in [0.1, 0.15) is 38.3 Å². The van der Waals surface area contributed by atoms with Gasteiger partial charge in [-0.15, -0.1) is 0 Å². The fourth-order valence-corrected chi connectivity index (χ4v) is 4.41. The van der Waals surface area contributed by atoms with E-state index in [9.17, 15) is 19.5 Å². The summed E-state index contributed by atoms with van der Waals surface area (Å²) in [4.78, 5) is 37.0. The zero-order chi connectivity index (χ0) is 32.2. The van der Waals surface area contributed by atoms with Gasteiger partial charge in [0, 0.05) is 32.1 Å². The van der Waals surface area contributed by atoms with Crippen LogP contribution in [-0.2, 0) is 27.5 Å². The minimum Gasteiger partial charge on any atom is -0.508 e. The van der Waals surface area contributed by atoms with E-state index in [0.29, 0.717) is 49.0 Å². The predicted octanol–water partition coefficient (Wildman–Crippen LogP) is 5.42. The van der Waals surface area contributed by atoms with Crippen LogP contribution in [0.4, 0.5) is 0 Å². The minimum absolute atomic E-state index is 0.0361. The third-order valence-electron chi connectivity index (χ3n) is 6.77. The molecule has 1 aliphatic heterocycles. The molecule has 4 aromatic carbocycles. The van der Waals surface area contributed by atoms with Gasteiger partial charge in [-0.25, -0.2) is 9.59 Å². The number of esters is 2. The van der Waals surface area contributed by atoms with Gasteiger partial charge >= 0.3 is 11.9 Å². The van der Waals surface area contributed by atoms with Gasteiger partial charge in [-0.05, 0) is 35.4 Å². The molecule has 1 aliphatic rings. The predicted molar refractivity (Wildman–Crippen MR) is 165 cm³/mol. The van der Waals surface area contributed by atoms with Crippen LogP contribution < -0.4 is 14.2 Å². The average molecular weight is 614 g/mol. The van der Waals surface area contributed by atoms with Crippen LogP contribution in [0.5, 0.6) is 23.0 Å². The maximum absolute atomic E-state index is 12.1. The highest BCUT2D eigenvalue weighted by Gasteiger charge is 2.31. The van der Waals surface area contributed by atoms with E-state index in [4.69, 9.17) is 18.9 Å². The van der Waals surface area contributed by atoms with Crippen molar-refractivity contribution in [2.24, 2.45) is 0 Å². The van der Waals surface area contributed by atoms with Crippen molar-refractivity contribution in [3.63, 3.8) is 0 Å². The molecule has 0 saturated carbocycles. The van der Waals surface area contributed by atoms with Crippen molar-refractivity contribution < 1.29 is 43.2 Å². The van der Waals surface area contributed by atoms with Crippen LogP contribution in [0, 0.1) is 0 Å². The van der Waals surface area contributed by atoms with E-state index < -0.39 is 18.0 Å². The molecule has 1 saturated heterocycles. The first-order chi connectivity index (χ1) is 21.7. The molecule has 4 aromatic rings. The van der Waals surface area contributed by atoms with E-state index in [1.54, 1.807) is 30.1 Å². The molecule has 1 unspecified atom stereocenters. The molecule has 0 spiro atoms. The van der Waals surface area contributed by atoms with E-state index in [1.165, 1.54) is 32.4 Å². The van der Waals surface area contributed by atoms with Gasteiger partial charge in [0.25, 0.3) is 5.91 Å². The quantitative estimate of drug-likeness (QED) is 0.234. The van der Waals surface area contributed by atoms with E-state index >= 15 is 0 Å². The molecule has 0 radical (unpaired) electrons. The lowest BCUT2D eigenvalue weighted by Crippen LogP contribution is -2.29. The minimum atomic E-state index is -0.546.